The minimum Gasteiger partial charge on any atom is -0.494 e. The molecular formula is C17H19ClF3NO2. The Hall–Kier alpha value is -1.92. The largest absolute Gasteiger partial charge is 0.494 e. The molecule has 7 heteroatoms. The zero-order chi connectivity index (χ0) is 16.7. The van der Waals surface area contributed by atoms with Gasteiger partial charge in [-0.1, -0.05) is 12.1 Å². The quantitative estimate of drug-likeness (QED) is 0.742. The van der Waals surface area contributed by atoms with Gasteiger partial charge in [-0.05, 0) is 54.9 Å². The van der Waals surface area contributed by atoms with Crippen LogP contribution in [-0.4, -0.2) is 13.2 Å². The minimum absolute atomic E-state index is 0. The van der Waals surface area contributed by atoms with Crippen LogP contribution in [0.5, 0.6) is 11.5 Å². The maximum Gasteiger partial charge on any atom is 0.416 e. The van der Waals surface area contributed by atoms with E-state index in [-0.39, 0.29) is 19.0 Å². The van der Waals surface area contributed by atoms with Gasteiger partial charge in [-0.25, -0.2) is 0 Å². The molecule has 0 unspecified atom stereocenters. The van der Waals surface area contributed by atoms with Gasteiger partial charge in [0.15, 0.2) is 0 Å². The molecule has 0 bridgehead atoms. The third-order valence-corrected chi connectivity index (χ3v) is 3.10. The molecule has 0 radical (unpaired) electrons. The Morgan fingerprint density at radius 2 is 1.54 bits per heavy atom. The SMILES string of the molecule is Cl.NCCCOc1ccc(OCc2cccc(C(F)(F)F)c2)cc1. The zero-order valence-electron chi connectivity index (χ0n) is 12.9. The van der Waals surface area contributed by atoms with Crippen LogP contribution < -0.4 is 15.2 Å². The molecule has 3 nitrogen and oxygen atoms in total. The first-order valence-corrected chi connectivity index (χ1v) is 7.21. The Balaban J connectivity index is 0.00000288. The molecule has 2 aromatic rings. The van der Waals surface area contributed by atoms with Crippen LogP contribution in [-0.2, 0) is 12.8 Å². The van der Waals surface area contributed by atoms with Crippen molar-refractivity contribution in [3.63, 3.8) is 0 Å². The maximum absolute atomic E-state index is 12.6. The first-order chi connectivity index (χ1) is 11.0. The highest BCUT2D eigenvalue weighted by Gasteiger charge is 2.30. The number of nitrogens with two attached hydrogens (primary N) is 1. The Bertz CT molecular complexity index is 618. The summed E-state index contributed by atoms with van der Waals surface area (Å²) in [5.74, 6) is 1.26. The van der Waals surface area contributed by atoms with Gasteiger partial charge in [0.2, 0.25) is 0 Å². The van der Waals surface area contributed by atoms with Gasteiger partial charge in [-0.3, -0.25) is 0 Å². The van der Waals surface area contributed by atoms with Gasteiger partial charge in [-0.2, -0.15) is 13.2 Å². The van der Waals surface area contributed by atoms with Crippen molar-refractivity contribution in [2.24, 2.45) is 5.73 Å². The Labute approximate surface area is 145 Å². The summed E-state index contributed by atoms with van der Waals surface area (Å²) < 4.78 is 48.9. The van der Waals surface area contributed by atoms with Gasteiger partial charge < -0.3 is 15.2 Å². The average Bonchev–Trinajstić information content (AvgIpc) is 2.54. The molecule has 0 atom stereocenters. The number of benzene rings is 2. The molecule has 0 aliphatic carbocycles. The minimum atomic E-state index is -4.35. The number of ether oxygens (including phenoxy) is 2. The van der Waals surface area contributed by atoms with Gasteiger partial charge in [0, 0.05) is 0 Å². The van der Waals surface area contributed by atoms with E-state index in [9.17, 15) is 13.2 Å². The van der Waals surface area contributed by atoms with Gasteiger partial charge in [0.1, 0.15) is 18.1 Å². The van der Waals surface area contributed by atoms with Crippen LogP contribution in [0.2, 0.25) is 0 Å². The van der Waals surface area contributed by atoms with E-state index in [1.165, 1.54) is 6.07 Å². The molecule has 0 saturated carbocycles. The molecule has 0 heterocycles. The summed E-state index contributed by atoms with van der Waals surface area (Å²) in [7, 11) is 0. The van der Waals surface area contributed by atoms with Crippen molar-refractivity contribution in [3.05, 3.63) is 59.7 Å². The summed E-state index contributed by atoms with van der Waals surface area (Å²) in [5, 5.41) is 0. The van der Waals surface area contributed by atoms with Crippen LogP contribution in [0.1, 0.15) is 17.5 Å². The second-order valence-electron chi connectivity index (χ2n) is 4.95. The van der Waals surface area contributed by atoms with Gasteiger partial charge in [0.05, 0.1) is 12.2 Å². The molecule has 2 aromatic carbocycles. The Morgan fingerprint density at radius 1 is 0.917 bits per heavy atom. The number of hydrogen-bond donors (Lipinski definition) is 1. The molecule has 0 spiro atoms. The monoisotopic (exact) mass is 361 g/mol. The van der Waals surface area contributed by atoms with E-state index >= 15 is 0 Å². The van der Waals surface area contributed by atoms with Crippen LogP contribution in [0.3, 0.4) is 0 Å². The van der Waals surface area contributed by atoms with Gasteiger partial charge in [-0.15, -0.1) is 12.4 Å². The normalized spacial score (nSPS) is 10.8. The fourth-order valence-corrected chi connectivity index (χ4v) is 1.91. The molecular weight excluding hydrogens is 343 g/mol. The lowest BCUT2D eigenvalue weighted by atomic mass is 10.1. The number of hydrogen-bond acceptors (Lipinski definition) is 3. The van der Waals surface area contributed by atoms with Crippen molar-refractivity contribution in [1.29, 1.82) is 0 Å². The van der Waals surface area contributed by atoms with E-state index in [1.807, 2.05) is 0 Å². The molecule has 132 valence electrons. The van der Waals surface area contributed by atoms with Crippen molar-refractivity contribution in [1.82, 2.24) is 0 Å². The molecule has 0 fully saturated rings. The molecule has 0 aromatic heterocycles. The molecule has 0 aliphatic heterocycles. The summed E-state index contributed by atoms with van der Waals surface area (Å²) >= 11 is 0. The maximum atomic E-state index is 12.6. The smallest absolute Gasteiger partial charge is 0.416 e. The third kappa shape index (κ3) is 6.29. The van der Waals surface area contributed by atoms with Crippen molar-refractivity contribution in [2.45, 2.75) is 19.2 Å². The van der Waals surface area contributed by atoms with Gasteiger partial charge >= 0.3 is 6.18 Å². The number of halogens is 4. The highest BCUT2D eigenvalue weighted by molar-refractivity contribution is 5.85. The molecule has 0 aliphatic rings. The van der Waals surface area contributed by atoms with E-state index in [2.05, 4.69) is 0 Å². The first-order valence-electron chi connectivity index (χ1n) is 7.21. The van der Waals surface area contributed by atoms with Gasteiger partial charge in [0.25, 0.3) is 0 Å². The van der Waals surface area contributed by atoms with E-state index in [4.69, 9.17) is 15.2 Å². The summed E-state index contributed by atoms with van der Waals surface area (Å²) in [6, 6.07) is 12.0. The predicted octanol–water partition coefficient (Wildman–Crippen LogP) is 4.43. The highest BCUT2D eigenvalue weighted by atomic mass is 35.5. The predicted molar refractivity (Wildman–Crippen MR) is 88.6 cm³/mol. The van der Waals surface area contributed by atoms with E-state index in [0.717, 1.165) is 18.6 Å². The van der Waals surface area contributed by atoms with Crippen molar-refractivity contribution in [2.75, 3.05) is 13.2 Å². The second kappa shape index (κ2) is 9.39. The topological polar surface area (TPSA) is 44.5 Å². The van der Waals surface area contributed by atoms with E-state index in [0.29, 0.717) is 30.2 Å². The fourth-order valence-electron chi connectivity index (χ4n) is 1.91. The second-order valence-corrected chi connectivity index (χ2v) is 4.95. The van der Waals surface area contributed by atoms with Crippen molar-refractivity contribution < 1.29 is 22.6 Å². The molecule has 0 saturated heterocycles. The third-order valence-electron chi connectivity index (χ3n) is 3.10. The van der Waals surface area contributed by atoms with E-state index < -0.39 is 11.7 Å². The standard InChI is InChI=1S/C17H18F3NO2.ClH/c18-17(19,20)14-4-1-3-13(11-14)12-23-16-7-5-15(6-8-16)22-10-2-9-21;/h1,3-8,11H,2,9-10,12,21H2;1H. The number of alkyl halides is 3. The lowest BCUT2D eigenvalue weighted by Gasteiger charge is -2.10. The van der Waals surface area contributed by atoms with Crippen molar-refractivity contribution in [3.8, 4) is 11.5 Å². The lowest BCUT2D eigenvalue weighted by Crippen LogP contribution is -2.06. The lowest BCUT2D eigenvalue weighted by molar-refractivity contribution is -0.137. The molecule has 0 amide bonds. The highest BCUT2D eigenvalue weighted by Crippen LogP contribution is 2.29. The summed E-state index contributed by atoms with van der Waals surface area (Å²) in [5.41, 5.74) is 5.16. The van der Waals surface area contributed by atoms with Crippen LogP contribution >= 0.6 is 12.4 Å². The average molecular weight is 362 g/mol. The molecule has 24 heavy (non-hydrogen) atoms. The van der Waals surface area contributed by atoms with Crippen LogP contribution in [0.15, 0.2) is 48.5 Å². The zero-order valence-corrected chi connectivity index (χ0v) is 13.7. The Morgan fingerprint density at radius 3 is 2.12 bits per heavy atom. The van der Waals surface area contributed by atoms with Crippen LogP contribution in [0.25, 0.3) is 0 Å². The van der Waals surface area contributed by atoms with E-state index in [1.54, 1.807) is 30.3 Å². The molecule has 2 N–H and O–H groups in total. The van der Waals surface area contributed by atoms with Crippen molar-refractivity contribution >= 4 is 12.4 Å². The summed E-state index contributed by atoms with van der Waals surface area (Å²) in [4.78, 5) is 0. The van der Waals surface area contributed by atoms with Crippen LogP contribution in [0, 0.1) is 0 Å². The fraction of sp³-hybridized carbons (Fsp3) is 0.294. The summed E-state index contributed by atoms with van der Waals surface area (Å²) in [6.45, 7) is 1.18. The first kappa shape index (κ1) is 20.1. The number of rotatable bonds is 7. The summed E-state index contributed by atoms with van der Waals surface area (Å²) in [6.07, 6.45) is -3.58. The Kier molecular flexibility index (Phi) is 7.88. The molecule has 2 rings (SSSR count). The van der Waals surface area contributed by atoms with Crippen LogP contribution in [0.4, 0.5) is 13.2 Å².